The minimum atomic E-state index is -3.16. The van der Waals surface area contributed by atoms with Gasteiger partial charge in [0.1, 0.15) is 0 Å². The molecule has 0 amide bonds. The highest BCUT2D eigenvalue weighted by Crippen LogP contribution is 2.25. The van der Waals surface area contributed by atoms with Gasteiger partial charge in [0.05, 0.1) is 23.0 Å². The quantitative estimate of drug-likeness (QED) is 0.860. The molecule has 0 aliphatic rings. The van der Waals surface area contributed by atoms with E-state index in [-0.39, 0.29) is 0 Å². The van der Waals surface area contributed by atoms with Gasteiger partial charge in [-0.1, -0.05) is 0 Å². The standard InChI is InChI=1S/C11H11N3O2S2/c1-18(15,16)10-4-2-9(3-5-10)17-11-13-6-8(12)7-14-11/h2-7H,12H2,1H3. The Hall–Kier alpha value is -1.60. The first-order chi connectivity index (χ1) is 8.45. The zero-order valence-corrected chi connectivity index (χ0v) is 11.2. The molecule has 0 aliphatic heterocycles. The largest absolute Gasteiger partial charge is 0.396 e. The van der Waals surface area contributed by atoms with Crippen LogP contribution in [-0.4, -0.2) is 24.6 Å². The SMILES string of the molecule is CS(=O)(=O)c1ccc(Sc2ncc(N)cn2)cc1. The lowest BCUT2D eigenvalue weighted by Gasteiger charge is -2.02. The molecule has 2 aromatic rings. The first-order valence-electron chi connectivity index (χ1n) is 5.00. The number of sulfone groups is 1. The Morgan fingerprint density at radius 3 is 2.17 bits per heavy atom. The van der Waals surface area contributed by atoms with Crippen molar-refractivity contribution in [2.24, 2.45) is 0 Å². The van der Waals surface area contributed by atoms with E-state index in [9.17, 15) is 8.42 Å². The smallest absolute Gasteiger partial charge is 0.192 e. The van der Waals surface area contributed by atoms with Gasteiger partial charge >= 0.3 is 0 Å². The molecule has 7 heteroatoms. The Morgan fingerprint density at radius 1 is 1.11 bits per heavy atom. The normalized spacial score (nSPS) is 11.4. The molecular weight excluding hydrogens is 270 g/mol. The van der Waals surface area contributed by atoms with Crippen LogP contribution in [0.1, 0.15) is 0 Å². The van der Waals surface area contributed by atoms with Gasteiger partial charge in [0, 0.05) is 11.2 Å². The molecule has 0 bridgehead atoms. The Kier molecular flexibility index (Phi) is 3.53. The third-order valence-corrected chi connectivity index (χ3v) is 4.14. The van der Waals surface area contributed by atoms with Crippen molar-refractivity contribution in [2.75, 3.05) is 12.0 Å². The second-order valence-electron chi connectivity index (χ2n) is 3.64. The lowest BCUT2D eigenvalue weighted by atomic mass is 10.4. The number of nitrogen functional groups attached to an aromatic ring is 1. The topological polar surface area (TPSA) is 85.9 Å². The molecule has 0 fully saturated rings. The van der Waals surface area contributed by atoms with Crippen LogP contribution in [-0.2, 0) is 9.84 Å². The van der Waals surface area contributed by atoms with E-state index >= 15 is 0 Å². The van der Waals surface area contributed by atoms with Gasteiger partial charge in [0.25, 0.3) is 0 Å². The van der Waals surface area contributed by atoms with E-state index in [4.69, 9.17) is 5.73 Å². The van der Waals surface area contributed by atoms with E-state index in [0.717, 1.165) is 4.90 Å². The van der Waals surface area contributed by atoms with Crippen LogP contribution in [0.5, 0.6) is 0 Å². The number of nitrogens with two attached hydrogens (primary N) is 1. The van der Waals surface area contributed by atoms with Crippen LogP contribution in [0.3, 0.4) is 0 Å². The van der Waals surface area contributed by atoms with Crippen LogP contribution < -0.4 is 5.73 Å². The van der Waals surface area contributed by atoms with Crippen LogP contribution in [0.15, 0.2) is 51.6 Å². The molecule has 0 saturated heterocycles. The molecule has 0 spiro atoms. The van der Waals surface area contributed by atoms with Crippen LogP contribution in [0.2, 0.25) is 0 Å². The molecule has 0 aliphatic carbocycles. The summed E-state index contributed by atoms with van der Waals surface area (Å²) >= 11 is 1.34. The first-order valence-corrected chi connectivity index (χ1v) is 7.71. The summed E-state index contributed by atoms with van der Waals surface area (Å²) in [5.41, 5.74) is 5.99. The number of benzene rings is 1. The highest BCUT2D eigenvalue weighted by Gasteiger charge is 2.07. The van der Waals surface area contributed by atoms with Gasteiger partial charge in [0.15, 0.2) is 15.0 Å². The molecule has 5 nitrogen and oxygen atoms in total. The molecule has 2 N–H and O–H groups in total. The second kappa shape index (κ2) is 4.95. The molecule has 0 atom stereocenters. The molecule has 2 rings (SSSR count). The molecule has 0 saturated carbocycles. The molecule has 1 aromatic carbocycles. The number of anilines is 1. The Labute approximate surface area is 109 Å². The average Bonchev–Trinajstić information content (AvgIpc) is 2.32. The van der Waals surface area contributed by atoms with E-state index < -0.39 is 9.84 Å². The number of nitrogens with zero attached hydrogens (tertiary/aromatic N) is 2. The highest BCUT2D eigenvalue weighted by molar-refractivity contribution is 7.99. The summed E-state index contributed by atoms with van der Waals surface area (Å²) in [6.07, 6.45) is 4.23. The number of hydrogen-bond donors (Lipinski definition) is 1. The monoisotopic (exact) mass is 281 g/mol. The summed E-state index contributed by atoms with van der Waals surface area (Å²) in [6.45, 7) is 0. The van der Waals surface area contributed by atoms with Crippen LogP contribution in [0.4, 0.5) is 5.69 Å². The summed E-state index contributed by atoms with van der Waals surface area (Å²) in [4.78, 5) is 9.27. The van der Waals surface area contributed by atoms with Crippen molar-refractivity contribution in [1.29, 1.82) is 0 Å². The molecule has 0 unspecified atom stereocenters. The van der Waals surface area contributed by atoms with Gasteiger partial charge in [-0.25, -0.2) is 18.4 Å². The Morgan fingerprint density at radius 2 is 1.67 bits per heavy atom. The maximum Gasteiger partial charge on any atom is 0.192 e. The van der Waals surface area contributed by atoms with Crippen molar-refractivity contribution < 1.29 is 8.42 Å². The Balaban J connectivity index is 2.18. The van der Waals surface area contributed by atoms with Crippen molar-refractivity contribution in [3.63, 3.8) is 0 Å². The summed E-state index contributed by atoms with van der Waals surface area (Å²) in [6, 6.07) is 6.57. The third kappa shape index (κ3) is 3.21. The number of hydrogen-bond acceptors (Lipinski definition) is 6. The van der Waals surface area contributed by atoms with E-state index in [0.29, 0.717) is 15.7 Å². The Bertz CT molecular complexity index is 637. The highest BCUT2D eigenvalue weighted by atomic mass is 32.2. The zero-order chi connectivity index (χ0) is 13.2. The van der Waals surface area contributed by atoms with Gasteiger partial charge in [-0.3, -0.25) is 0 Å². The van der Waals surface area contributed by atoms with E-state index in [1.807, 2.05) is 0 Å². The zero-order valence-electron chi connectivity index (χ0n) is 9.57. The van der Waals surface area contributed by atoms with E-state index in [1.165, 1.54) is 30.4 Å². The summed E-state index contributed by atoms with van der Waals surface area (Å²) < 4.78 is 22.6. The molecule has 18 heavy (non-hydrogen) atoms. The van der Waals surface area contributed by atoms with Crippen molar-refractivity contribution in [1.82, 2.24) is 9.97 Å². The maximum atomic E-state index is 11.3. The van der Waals surface area contributed by atoms with Gasteiger partial charge in [-0.05, 0) is 36.0 Å². The van der Waals surface area contributed by atoms with E-state index in [1.54, 1.807) is 24.3 Å². The molecule has 1 aromatic heterocycles. The average molecular weight is 281 g/mol. The van der Waals surface area contributed by atoms with Gasteiger partial charge in [-0.15, -0.1) is 0 Å². The van der Waals surface area contributed by atoms with Gasteiger partial charge in [0.2, 0.25) is 0 Å². The minimum absolute atomic E-state index is 0.296. The predicted molar refractivity (Wildman–Crippen MR) is 70.1 cm³/mol. The van der Waals surface area contributed by atoms with Gasteiger partial charge < -0.3 is 5.73 Å². The maximum absolute atomic E-state index is 11.3. The van der Waals surface area contributed by atoms with Crippen LogP contribution in [0.25, 0.3) is 0 Å². The third-order valence-electron chi connectivity index (χ3n) is 2.11. The van der Waals surface area contributed by atoms with Gasteiger partial charge in [-0.2, -0.15) is 0 Å². The lowest BCUT2D eigenvalue weighted by molar-refractivity contribution is 0.602. The first kappa shape index (κ1) is 12.8. The number of aromatic nitrogens is 2. The summed E-state index contributed by atoms with van der Waals surface area (Å²) in [5, 5.41) is 0.566. The molecular formula is C11H11N3O2S2. The van der Waals surface area contributed by atoms with Crippen molar-refractivity contribution in [2.45, 2.75) is 14.9 Å². The predicted octanol–water partition coefficient (Wildman–Crippen LogP) is 1.61. The molecule has 1 heterocycles. The number of rotatable bonds is 3. The van der Waals surface area contributed by atoms with Crippen molar-refractivity contribution >= 4 is 27.3 Å². The van der Waals surface area contributed by atoms with Crippen LogP contribution in [0, 0.1) is 0 Å². The summed E-state index contributed by atoms with van der Waals surface area (Å²) in [7, 11) is -3.16. The fraction of sp³-hybridized carbons (Fsp3) is 0.0909. The van der Waals surface area contributed by atoms with E-state index in [2.05, 4.69) is 9.97 Å². The molecule has 94 valence electrons. The van der Waals surface area contributed by atoms with Crippen LogP contribution >= 0.6 is 11.8 Å². The van der Waals surface area contributed by atoms with Crippen molar-refractivity contribution in [3.8, 4) is 0 Å². The minimum Gasteiger partial charge on any atom is -0.396 e. The second-order valence-corrected chi connectivity index (χ2v) is 6.70. The fourth-order valence-corrected chi connectivity index (χ4v) is 2.56. The lowest BCUT2D eigenvalue weighted by Crippen LogP contribution is -1.96. The van der Waals surface area contributed by atoms with Crippen molar-refractivity contribution in [3.05, 3.63) is 36.7 Å². The molecule has 0 radical (unpaired) electrons. The summed E-state index contributed by atoms with van der Waals surface area (Å²) in [5.74, 6) is 0. The fourth-order valence-electron chi connectivity index (χ4n) is 1.24.